The molecule has 12 heavy (non-hydrogen) atoms. The van der Waals surface area contributed by atoms with E-state index < -0.39 is 17.7 Å². The van der Waals surface area contributed by atoms with Gasteiger partial charge in [-0.15, -0.1) is 0 Å². The fraction of sp³-hybridized carbons (Fsp3) is 1.00. The molecule has 0 spiro atoms. The zero-order valence-corrected chi connectivity index (χ0v) is 7.74. The molecule has 0 radical (unpaired) electrons. The summed E-state index contributed by atoms with van der Waals surface area (Å²) in [5, 5.41) is 8.96. The van der Waals surface area contributed by atoms with Gasteiger partial charge in [-0.25, -0.2) is 0 Å². The van der Waals surface area contributed by atoms with Crippen LogP contribution in [0.15, 0.2) is 0 Å². The second-order valence-electron chi connectivity index (χ2n) is 3.92. The van der Waals surface area contributed by atoms with Gasteiger partial charge >= 0.3 is 6.18 Å². The van der Waals surface area contributed by atoms with E-state index in [-0.39, 0.29) is 5.92 Å². The van der Waals surface area contributed by atoms with E-state index in [1.54, 1.807) is 13.8 Å². The lowest BCUT2D eigenvalue weighted by molar-refractivity contribution is -0.240. The minimum atomic E-state index is -4.52. The van der Waals surface area contributed by atoms with Crippen molar-refractivity contribution in [1.82, 2.24) is 0 Å². The van der Waals surface area contributed by atoms with Crippen LogP contribution in [0, 0.1) is 11.3 Å². The summed E-state index contributed by atoms with van der Waals surface area (Å²) in [5.41, 5.74) is -1.13. The molecule has 0 aliphatic heterocycles. The maximum Gasteiger partial charge on any atom is 0.414 e. The molecule has 0 saturated heterocycles. The predicted octanol–water partition coefficient (Wildman–Crippen LogP) is 2.59. The zero-order chi connectivity index (χ0) is 10.2. The lowest BCUT2D eigenvalue weighted by Crippen LogP contribution is -2.44. The number of aliphatic hydroxyl groups excluding tert-OH is 1. The molecule has 0 amide bonds. The van der Waals surface area contributed by atoms with Gasteiger partial charge in [-0.05, 0) is 5.92 Å². The van der Waals surface area contributed by atoms with E-state index in [4.69, 9.17) is 5.11 Å². The molecule has 0 aromatic rings. The molecule has 0 heterocycles. The van der Waals surface area contributed by atoms with Crippen molar-refractivity contribution in [3.8, 4) is 0 Å². The molecule has 1 atom stereocenters. The minimum Gasteiger partial charge on any atom is -0.383 e. The zero-order valence-electron chi connectivity index (χ0n) is 7.74. The van der Waals surface area contributed by atoms with E-state index in [1.807, 2.05) is 0 Å². The number of hydrogen-bond acceptors (Lipinski definition) is 1. The minimum absolute atomic E-state index is 0.214. The van der Waals surface area contributed by atoms with Gasteiger partial charge in [-0.2, -0.15) is 13.2 Å². The average molecular weight is 184 g/mol. The molecular formula is C8H15F3O. The Morgan fingerprint density at radius 2 is 1.42 bits per heavy atom. The fourth-order valence-corrected chi connectivity index (χ4v) is 0.738. The smallest absolute Gasteiger partial charge is 0.383 e. The van der Waals surface area contributed by atoms with E-state index in [0.29, 0.717) is 0 Å². The highest BCUT2D eigenvalue weighted by Gasteiger charge is 2.48. The van der Waals surface area contributed by atoms with E-state index in [1.165, 1.54) is 13.8 Å². The third-order valence-corrected chi connectivity index (χ3v) is 2.50. The highest BCUT2D eigenvalue weighted by molar-refractivity contribution is 4.85. The van der Waals surface area contributed by atoms with Gasteiger partial charge in [0.05, 0.1) is 0 Å². The standard InChI is InChI=1S/C8H15F3O/c1-5(2)7(3,4)6(12)8(9,10)11/h5-6,12H,1-4H3. The number of alkyl halides is 3. The van der Waals surface area contributed by atoms with Gasteiger partial charge in [-0.1, -0.05) is 27.7 Å². The fourth-order valence-electron chi connectivity index (χ4n) is 0.738. The molecule has 0 aromatic heterocycles. The lowest BCUT2D eigenvalue weighted by atomic mass is 9.76. The van der Waals surface area contributed by atoms with Crippen molar-refractivity contribution in [3.63, 3.8) is 0 Å². The second kappa shape index (κ2) is 3.24. The molecule has 0 fully saturated rings. The lowest BCUT2D eigenvalue weighted by Gasteiger charge is -2.35. The SMILES string of the molecule is CC(C)C(C)(C)C(O)C(F)(F)F. The van der Waals surface area contributed by atoms with Gasteiger partial charge in [0, 0.05) is 5.41 Å². The van der Waals surface area contributed by atoms with Crippen molar-refractivity contribution >= 4 is 0 Å². The van der Waals surface area contributed by atoms with Crippen molar-refractivity contribution in [3.05, 3.63) is 0 Å². The van der Waals surface area contributed by atoms with Crippen LogP contribution in [0.2, 0.25) is 0 Å². The van der Waals surface area contributed by atoms with Crippen molar-refractivity contribution in [2.24, 2.45) is 11.3 Å². The summed E-state index contributed by atoms with van der Waals surface area (Å²) < 4.78 is 36.2. The Hall–Kier alpha value is -0.250. The van der Waals surface area contributed by atoms with Gasteiger partial charge in [0.2, 0.25) is 0 Å². The molecule has 0 aromatic carbocycles. The van der Waals surface area contributed by atoms with Gasteiger partial charge in [0.15, 0.2) is 6.10 Å². The van der Waals surface area contributed by atoms with Crippen LogP contribution in [0.4, 0.5) is 13.2 Å². The third-order valence-electron chi connectivity index (χ3n) is 2.50. The van der Waals surface area contributed by atoms with Crippen LogP contribution >= 0.6 is 0 Å². The Bertz CT molecular complexity index is 149. The Morgan fingerprint density at radius 1 is 1.08 bits per heavy atom. The maximum absolute atomic E-state index is 12.1. The van der Waals surface area contributed by atoms with Crippen LogP contribution in [0.5, 0.6) is 0 Å². The summed E-state index contributed by atoms with van der Waals surface area (Å²) in [6.45, 7) is 6.15. The van der Waals surface area contributed by atoms with Crippen LogP contribution in [-0.4, -0.2) is 17.4 Å². The van der Waals surface area contributed by atoms with E-state index in [9.17, 15) is 13.2 Å². The highest BCUT2D eigenvalue weighted by atomic mass is 19.4. The summed E-state index contributed by atoms with van der Waals surface area (Å²) in [6, 6.07) is 0. The predicted molar refractivity (Wildman–Crippen MR) is 40.7 cm³/mol. The van der Waals surface area contributed by atoms with Crippen LogP contribution < -0.4 is 0 Å². The quantitative estimate of drug-likeness (QED) is 0.699. The van der Waals surface area contributed by atoms with Crippen LogP contribution in [0.3, 0.4) is 0 Å². The third kappa shape index (κ3) is 2.37. The molecule has 74 valence electrons. The molecule has 1 nitrogen and oxygen atoms in total. The largest absolute Gasteiger partial charge is 0.414 e. The first-order chi connectivity index (χ1) is 5.10. The molecule has 4 heteroatoms. The molecule has 1 N–H and O–H groups in total. The molecule has 0 aliphatic rings. The maximum atomic E-state index is 12.1. The van der Waals surface area contributed by atoms with Crippen LogP contribution in [0.25, 0.3) is 0 Å². The summed E-state index contributed by atoms with van der Waals surface area (Å²) in [5.74, 6) is -0.214. The average Bonchev–Trinajstić information content (AvgIpc) is 1.83. The number of rotatable bonds is 2. The Labute approximate surface area is 70.6 Å². The number of halogens is 3. The second-order valence-corrected chi connectivity index (χ2v) is 3.92. The van der Waals surface area contributed by atoms with E-state index in [0.717, 1.165) is 0 Å². The van der Waals surface area contributed by atoms with E-state index in [2.05, 4.69) is 0 Å². The first-order valence-electron chi connectivity index (χ1n) is 3.85. The highest BCUT2D eigenvalue weighted by Crippen LogP contribution is 2.38. The first-order valence-corrected chi connectivity index (χ1v) is 3.85. The topological polar surface area (TPSA) is 20.2 Å². The van der Waals surface area contributed by atoms with Crippen LogP contribution in [-0.2, 0) is 0 Å². The number of aliphatic hydroxyl groups is 1. The van der Waals surface area contributed by atoms with Crippen molar-refractivity contribution in [2.45, 2.75) is 40.0 Å². The summed E-state index contributed by atoms with van der Waals surface area (Å²) in [6.07, 6.45) is -6.77. The Balaban J connectivity index is 4.57. The Kier molecular flexibility index (Phi) is 3.18. The van der Waals surface area contributed by atoms with Crippen molar-refractivity contribution in [1.29, 1.82) is 0 Å². The van der Waals surface area contributed by atoms with Gasteiger partial charge in [0.25, 0.3) is 0 Å². The van der Waals surface area contributed by atoms with Gasteiger partial charge in [0.1, 0.15) is 0 Å². The summed E-state index contributed by atoms with van der Waals surface area (Å²) in [7, 11) is 0. The van der Waals surface area contributed by atoms with E-state index >= 15 is 0 Å². The molecule has 0 rings (SSSR count). The van der Waals surface area contributed by atoms with Crippen LogP contribution in [0.1, 0.15) is 27.7 Å². The molecule has 0 saturated carbocycles. The number of hydrogen-bond donors (Lipinski definition) is 1. The molecule has 1 unspecified atom stereocenters. The van der Waals surface area contributed by atoms with Crippen molar-refractivity contribution < 1.29 is 18.3 Å². The first kappa shape index (κ1) is 11.8. The van der Waals surface area contributed by atoms with Crippen molar-refractivity contribution in [2.75, 3.05) is 0 Å². The molecule has 0 bridgehead atoms. The monoisotopic (exact) mass is 184 g/mol. The van der Waals surface area contributed by atoms with Gasteiger partial charge in [-0.3, -0.25) is 0 Å². The summed E-state index contributed by atoms with van der Waals surface area (Å²) >= 11 is 0. The molecular weight excluding hydrogens is 169 g/mol. The molecule has 0 aliphatic carbocycles. The summed E-state index contributed by atoms with van der Waals surface area (Å²) in [4.78, 5) is 0. The normalized spacial score (nSPS) is 16.8. The van der Waals surface area contributed by atoms with Gasteiger partial charge < -0.3 is 5.11 Å². The Morgan fingerprint density at radius 3 is 1.50 bits per heavy atom.